The zero-order chi connectivity index (χ0) is 6.69. The minimum atomic E-state index is 1.18. The maximum Gasteiger partial charge on any atom is 0.213 e. The van der Waals surface area contributed by atoms with Gasteiger partial charge < -0.3 is 5.23 Å². The number of hydrogen-bond donors (Lipinski definition) is 1. The Balaban J connectivity index is 2.94. The third-order valence-electron chi connectivity index (χ3n) is 1.31. The van der Waals surface area contributed by atoms with Crippen LogP contribution in [0.3, 0.4) is 0 Å². The summed E-state index contributed by atoms with van der Waals surface area (Å²) in [5, 5.41) is 3.07. The van der Waals surface area contributed by atoms with Crippen LogP contribution in [0.4, 0.5) is 5.69 Å². The zero-order valence-electron chi connectivity index (χ0n) is 5.81. The van der Waals surface area contributed by atoms with Crippen molar-refractivity contribution in [2.45, 2.75) is 6.92 Å². The van der Waals surface area contributed by atoms with Crippen molar-refractivity contribution in [3.8, 4) is 0 Å². The summed E-state index contributed by atoms with van der Waals surface area (Å²) in [5.74, 6) is 0. The largest absolute Gasteiger partial charge is 0.434 e. The van der Waals surface area contributed by atoms with Crippen LogP contribution in [0, 0.1) is 6.92 Å². The molecule has 2 heteroatoms. The molecular formula is C7H10BN. The molecule has 1 nitrogen and oxygen atoms in total. The molecule has 1 N–H and O–H groups in total. The van der Waals surface area contributed by atoms with E-state index in [1.54, 1.807) is 0 Å². The van der Waals surface area contributed by atoms with Gasteiger partial charge in [0.15, 0.2) is 0 Å². The minimum absolute atomic E-state index is 1.18. The van der Waals surface area contributed by atoms with Crippen LogP contribution >= 0.6 is 0 Å². The predicted octanol–water partition coefficient (Wildman–Crippen LogP) is 0.955. The average molecular weight is 119 g/mol. The van der Waals surface area contributed by atoms with E-state index in [1.165, 1.54) is 11.3 Å². The summed E-state index contributed by atoms with van der Waals surface area (Å²) in [6.07, 6.45) is 0. The quantitative estimate of drug-likeness (QED) is 0.542. The molecule has 0 aliphatic heterocycles. The molecule has 0 bridgehead atoms. The summed E-state index contributed by atoms with van der Waals surface area (Å²) in [4.78, 5) is 0. The van der Waals surface area contributed by atoms with E-state index in [0.717, 1.165) is 0 Å². The summed E-state index contributed by atoms with van der Waals surface area (Å²) < 4.78 is 0. The van der Waals surface area contributed by atoms with Crippen molar-refractivity contribution in [1.29, 1.82) is 0 Å². The van der Waals surface area contributed by atoms with Crippen molar-refractivity contribution in [1.82, 2.24) is 0 Å². The molecule has 9 heavy (non-hydrogen) atoms. The molecule has 0 fully saturated rings. The number of anilines is 1. The standard InChI is InChI=1S/C7H10BN/c1-6-3-2-4-7(5-6)9-8/h2-5,9H,8H2,1H3. The van der Waals surface area contributed by atoms with Gasteiger partial charge in [-0.3, -0.25) is 0 Å². The van der Waals surface area contributed by atoms with Crippen LogP contribution in [-0.2, 0) is 0 Å². The predicted molar refractivity (Wildman–Crippen MR) is 43.3 cm³/mol. The van der Waals surface area contributed by atoms with Gasteiger partial charge in [-0.05, 0) is 24.6 Å². The Morgan fingerprint density at radius 1 is 1.44 bits per heavy atom. The van der Waals surface area contributed by atoms with Gasteiger partial charge in [0, 0.05) is 5.69 Å². The molecule has 0 atom stereocenters. The molecule has 0 aliphatic carbocycles. The maximum absolute atomic E-state index is 3.07. The summed E-state index contributed by atoms with van der Waals surface area (Å²) in [5.41, 5.74) is 2.47. The highest BCUT2D eigenvalue weighted by Gasteiger charge is 1.84. The molecule has 0 radical (unpaired) electrons. The fraction of sp³-hybridized carbons (Fsp3) is 0.143. The van der Waals surface area contributed by atoms with Crippen LogP contribution in [0.25, 0.3) is 0 Å². The monoisotopic (exact) mass is 119 g/mol. The number of benzene rings is 1. The van der Waals surface area contributed by atoms with Crippen molar-refractivity contribution in [2.75, 3.05) is 5.23 Å². The second-order valence-corrected chi connectivity index (χ2v) is 2.12. The average Bonchev–Trinajstić information content (AvgIpc) is 1.88. The van der Waals surface area contributed by atoms with E-state index in [0.29, 0.717) is 0 Å². The molecule has 0 aliphatic rings. The SMILES string of the molecule is BNc1cccc(C)c1. The Kier molecular flexibility index (Phi) is 1.78. The number of rotatable bonds is 1. The summed E-state index contributed by atoms with van der Waals surface area (Å²) in [6.45, 7) is 2.08. The lowest BCUT2D eigenvalue weighted by atomic mass is 10.2. The molecule has 1 aromatic rings. The van der Waals surface area contributed by atoms with Crippen LogP contribution in [-0.4, -0.2) is 7.98 Å². The van der Waals surface area contributed by atoms with Gasteiger partial charge in [-0.15, -0.1) is 0 Å². The molecule has 0 amide bonds. The Hall–Kier alpha value is -0.915. The van der Waals surface area contributed by atoms with E-state index in [2.05, 4.69) is 24.3 Å². The molecule has 0 heterocycles. The highest BCUT2D eigenvalue weighted by molar-refractivity contribution is 6.15. The smallest absolute Gasteiger partial charge is 0.213 e. The van der Waals surface area contributed by atoms with Crippen molar-refractivity contribution >= 4 is 13.7 Å². The molecule has 0 spiro atoms. The second kappa shape index (κ2) is 2.58. The van der Waals surface area contributed by atoms with E-state index in [1.807, 2.05) is 20.1 Å². The van der Waals surface area contributed by atoms with Crippen LogP contribution in [0.2, 0.25) is 0 Å². The van der Waals surface area contributed by atoms with Gasteiger partial charge in [0.25, 0.3) is 0 Å². The normalized spacial score (nSPS) is 9.00. The number of aryl methyl sites for hydroxylation is 1. The first-order valence-electron chi connectivity index (χ1n) is 3.07. The second-order valence-electron chi connectivity index (χ2n) is 2.12. The zero-order valence-corrected chi connectivity index (χ0v) is 5.81. The Morgan fingerprint density at radius 2 is 2.22 bits per heavy atom. The van der Waals surface area contributed by atoms with Gasteiger partial charge >= 0.3 is 0 Å². The van der Waals surface area contributed by atoms with Crippen molar-refractivity contribution in [3.63, 3.8) is 0 Å². The Morgan fingerprint density at radius 3 is 2.67 bits per heavy atom. The summed E-state index contributed by atoms with van der Waals surface area (Å²) in [7, 11) is 1.93. The fourth-order valence-corrected chi connectivity index (χ4v) is 0.801. The minimum Gasteiger partial charge on any atom is -0.434 e. The first kappa shape index (κ1) is 6.21. The lowest BCUT2D eigenvalue weighted by Gasteiger charge is -1.98. The van der Waals surface area contributed by atoms with Gasteiger partial charge in [0.1, 0.15) is 0 Å². The van der Waals surface area contributed by atoms with E-state index in [-0.39, 0.29) is 0 Å². The maximum atomic E-state index is 3.07. The lowest BCUT2D eigenvalue weighted by molar-refractivity contribution is 1.47. The molecule has 0 aromatic heterocycles. The number of hydrogen-bond acceptors (Lipinski definition) is 1. The topological polar surface area (TPSA) is 12.0 Å². The Bertz CT molecular complexity index is 198. The molecular weight excluding hydrogens is 109 g/mol. The first-order chi connectivity index (χ1) is 4.33. The van der Waals surface area contributed by atoms with Gasteiger partial charge in [-0.25, -0.2) is 0 Å². The molecule has 0 saturated carbocycles. The van der Waals surface area contributed by atoms with Crippen molar-refractivity contribution < 1.29 is 0 Å². The molecule has 46 valence electrons. The highest BCUT2D eigenvalue weighted by Crippen LogP contribution is 2.06. The highest BCUT2D eigenvalue weighted by atomic mass is 14.7. The van der Waals surface area contributed by atoms with Crippen LogP contribution in [0.5, 0.6) is 0 Å². The fourth-order valence-electron chi connectivity index (χ4n) is 0.801. The van der Waals surface area contributed by atoms with Crippen molar-refractivity contribution in [2.24, 2.45) is 0 Å². The molecule has 1 rings (SSSR count). The van der Waals surface area contributed by atoms with Gasteiger partial charge in [0.05, 0.1) is 0 Å². The first-order valence-corrected chi connectivity index (χ1v) is 3.07. The van der Waals surface area contributed by atoms with Crippen molar-refractivity contribution in [3.05, 3.63) is 29.8 Å². The third kappa shape index (κ3) is 1.49. The number of nitrogens with one attached hydrogen (secondary N) is 1. The Labute approximate surface area is 56.5 Å². The summed E-state index contributed by atoms with van der Waals surface area (Å²) in [6, 6.07) is 8.29. The van der Waals surface area contributed by atoms with E-state index < -0.39 is 0 Å². The van der Waals surface area contributed by atoms with E-state index in [4.69, 9.17) is 0 Å². The van der Waals surface area contributed by atoms with Gasteiger partial charge in [-0.1, -0.05) is 12.1 Å². The molecule has 0 unspecified atom stereocenters. The van der Waals surface area contributed by atoms with Gasteiger partial charge in [-0.2, -0.15) is 0 Å². The van der Waals surface area contributed by atoms with Crippen LogP contribution in [0.1, 0.15) is 5.56 Å². The summed E-state index contributed by atoms with van der Waals surface area (Å²) >= 11 is 0. The molecule has 0 saturated heterocycles. The van der Waals surface area contributed by atoms with Crippen LogP contribution < -0.4 is 5.23 Å². The third-order valence-corrected chi connectivity index (χ3v) is 1.31. The van der Waals surface area contributed by atoms with E-state index >= 15 is 0 Å². The van der Waals surface area contributed by atoms with Gasteiger partial charge in [0.2, 0.25) is 7.98 Å². The molecule has 1 aromatic carbocycles. The lowest BCUT2D eigenvalue weighted by Crippen LogP contribution is -1.89. The van der Waals surface area contributed by atoms with E-state index in [9.17, 15) is 0 Å². The van der Waals surface area contributed by atoms with Crippen LogP contribution in [0.15, 0.2) is 24.3 Å².